The van der Waals surface area contributed by atoms with Crippen molar-refractivity contribution in [3.05, 3.63) is 82.7 Å². The van der Waals surface area contributed by atoms with Gasteiger partial charge in [0.05, 0.1) is 18.0 Å². The van der Waals surface area contributed by atoms with Crippen molar-refractivity contribution in [1.82, 2.24) is 19.6 Å². The number of hydrogen-bond donors (Lipinski definition) is 0. The summed E-state index contributed by atoms with van der Waals surface area (Å²) in [6.45, 7) is 5.64. The fourth-order valence-electron chi connectivity index (χ4n) is 4.40. The molecule has 198 valence electrons. The molecule has 2 heterocycles. The number of benzene rings is 2. The van der Waals surface area contributed by atoms with Gasteiger partial charge in [-0.15, -0.1) is 0 Å². The lowest BCUT2D eigenvalue weighted by Crippen LogP contribution is -2.48. The van der Waals surface area contributed by atoms with Gasteiger partial charge in [-0.05, 0) is 43.7 Å². The van der Waals surface area contributed by atoms with E-state index >= 15 is 0 Å². The van der Waals surface area contributed by atoms with Gasteiger partial charge in [0.25, 0.3) is 5.91 Å². The number of amides is 1. The van der Waals surface area contributed by atoms with Crippen LogP contribution in [0.15, 0.2) is 54.6 Å². The van der Waals surface area contributed by atoms with Gasteiger partial charge in [0.15, 0.2) is 0 Å². The van der Waals surface area contributed by atoms with E-state index in [0.717, 1.165) is 23.6 Å². The van der Waals surface area contributed by atoms with Crippen molar-refractivity contribution >= 4 is 5.91 Å². The summed E-state index contributed by atoms with van der Waals surface area (Å²) in [6, 6.07) is 16.4. The second-order valence-electron chi connectivity index (χ2n) is 9.22. The summed E-state index contributed by atoms with van der Waals surface area (Å²) in [5.41, 5.74) is 5.13. The highest BCUT2D eigenvalue weighted by Gasteiger charge is 2.41. The van der Waals surface area contributed by atoms with E-state index in [4.69, 9.17) is 9.84 Å². The van der Waals surface area contributed by atoms with Gasteiger partial charge in [0.2, 0.25) is 0 Å². The number of nitrogens with zero attached hydrogens (tertiary/aromatic N) is 4. The lowest BCUT2D eigenvalue weighted by molar-refractivity contribution is -0.168. The van der Waals surface area contributed by atoms with Gasteiger partial charge in [-0.25, -0.2) is 13.5 Å². The van der Waals surface area contributed by atoms with Crippen LogP contribution in [-0.2, 0) is 17.9 Å². The fraction of sp³-hybridized carbons (Fsp3) is 0.407. The van der Waals surface area contributed by atoms with Crippen molar-refractivity contribution in [3.8, 4) is 5.69 Å². The summed E-state index contributed by atoms with van der Waals surface area (Å²) in [6.07, 6.45) is -3.79. The molecule has 1 aliphatic heterocycles. The van der Waals surface area contributed by atoms with E-state index in [9.17, 15) is 22.4 Å². The number of aryl methyl sites for hydroxylation is 1. The van der Waals surface area contributed by atoms with Crippen LogP contribution in [0.25, 0.3) is 5.69 Å². The first-order valence-electron chi connectivity index (χ1n) is 12.1. The number of aromatic nitrogens is 2. The molecule has 2 aromatic carbocycles. The van der Waals surface area contributed by atoms with E-state index in [1.165, 1.54) is 5.56 Å². The molecule has 10 heteroatoms. The van der Waals surface area contributed by atoms with E-state index < -0.39 is 19.0 Å². The van der Waals surface area contributed by atoms with Crippen molar-refractivity contribution in [2.75, 3.05) is 32.8 Å². The Morgan fingerprint density at radius 3 is 2.41 bits per heavy atom. The third-order valence-electron chi connectivity index (χ3n) is 6.54. The molecule has 0 saturated carbocycles. The minimum atomic E-state index is -4.20. The molecule has 3 aromatic rings. The van der Waals surface area contributed by atoms with Crippen LogP contribution in [-0.4, -0.2) is 70.6 Å². The Bertz CT molecular complexity index is 1210. The minimum Gasteiger partial charge on any atom is -0.370 e. The highest BCUT2D eigenvalue weighted by atomic mass is 19.3. The van der Waals surface area contributed by atoms with Crippen LogP contribution in [0.2, 0.25) is 0 Å². The third kappa shape index (κ3) is 6.37. The standard InChI is InChI=1S/C27H30F4N4O2/c1-19-24(20(2)35(32-19)23-9-4-3-5-10-23)16-33-11-13-34(14-12-33)25(36)22-8-6-7-21(15-22)17-37-18-27(30,31)26(28)29/h3-10,15,26H,11-14,16-18H2,1-2H3. The Kier molecular flexibility index (Phi) is 8.29. The van der Waals surface area contributed by atoms with Gasteiger partial charge in [-0.1, -0.05) is 30.3 Å². The SMILES string of the molecule is Cc1nn(-c2ccccc2)c(C)c1CN1CCN(C(=O)c2cccc(COCC(F)(F)C(F)F)c2)CC1. The Labute approximate surface area is 213 Å². The largest absolute Gasteiger partial charge is 0.370 e. The second kappa shape index (κ2) is 11.4. The maximum absolute atomic E-state index is 13.0. The maximum Gasteiger partial charge on any atom is 0.330 e. The molecule has 1 saturated heterocycles. The Balaban J connectivity index is 1.32. The first-order chi connectivity index (χ1) is 17.7. The topological polar surface area (TPSA) is 50.6 Å². The molecule has 37 heavy (non-hydrogen) atoms. The summed E-state index contributed by atoms with van der Waals surface area (Å²) >= 11 is 0. The van der Waals surface area contributed by atoms with Crippen LogP contribution in [0, 0.1) is 13.8 Å². The number of alkyl halides is 4. The molecule has 1 aliphatic rings. The van der Waals surface area contributed by atoms with Crippen molar-refractivity contribution in [2.45, 2.75) is 39.3 Å². The Hall–Kier alpha value is -3.24. The van der Waals surface area contributed by atoms with Crippen molar-refractivity contribution < 1.29 is 27.1 Å². The Morgan fingerprint density at radius 1 is 1.03 bits per heavy atom. The second-order valence-corrected chi connectivity index (χ2v) is 9.22. The van der Waals surface area contributed by atoms with Gasteiger partial charge in [0.1, 0.15) is 6.61 Å². The van der Waals surface area contributed by atoms with Crippen LogP contribution >= 0.6 is 0 Å². The van der Waals surface area contributed by atoms with E-state index in [1.807, 2.05) is 41.9 Å². The number of hydrogen-bond acceptors (Lipinski definition) is 4. The first-order valence-corrected chi connectivity index (χ1v) is 12.1. The summed E-state index contributed by atoms with van der Waals surface area (Å²) in [5.74, 6) is -4.37. The number of halogens is 4. The number of carbonyl (C=O) groups excluding carboxylic acids is 1. The molecule has 0 spiro atoms. The molecule has 0 N–H and O–H groups in total. The summed E-state index contributed by atoms with van der Waals surface area (Å²) in [7, 11) is 0. The molecule has 0 unspecified atom stereocenters. The van der Waals surface area contributed by atoms with E-state index in [1.54, 1.807) is 29.2 Å². The smallest absolute Gasteiger partial charge is 0.330 e. The first kappa shape index (κ1) is 26.8. The zero-order chi connectivity index (χ0) is 26.6. The lowest BCUT2D eigenvalue weighted by Gasteiger charge is -2.35. The molecular formula is C27H30F4N4O2. The average Bonchev–Trinajstić information content (AvgIpc) is 3.17. The molecule has 0 atom stereocenters. The minimum absolute atomic E-state index is 0.163. The van der Waals surface area contributed by atoms with E-state index in [2.05, 4.69) is 11.8 Å². The van der Waals surface area contributed by atoms with Gasteiger partial charge < -0.3 is 9.64 Å². The molecule has 1 amide bonds. The van der Waals surface area contributed by atoms with Crippen LogP contribution in [0.3, 0.4) is 0 Å². The van der Waals surface area contributed by atoms with Crippen LogP contribution in [0.4, 0.5) is 17.6 Å². The summed E-state index contributed by atoms with van der Waals surface area (Å²) in [5, 5.41) is 4.72. The quantitative estimate of drug-likeness (QED) is 0.380. The molecule has 1 aromatic heterocycles. The molecule has 1 fully saturated rings. The highest BCUT2D eigenvalue weighted by Crippen LogP contribution is 2.24. The van der Waals surface area contributed by atoms with Gasteiger partial charge in [-0.3, -0.25) is 9.69 Å². The predicted octanol–water partition coefficient (Wildman–Crippen LogP) is 4.86. The zero-order valence-corrected chi connectivity index (χ0v) is 20.8. The van der Waals surface area contributed by atoms with Crippen LogP contribution in [0.5, 0.6) is 0 Å². The highest BCUT2D eigenvalue weighted by molar-refractivity contribution is 5.94. The number of para-hydroxylation sites is 1. The van der Waals surface area contributed by atoms with Gasteiger partial charge in [-0.2, -0.15) is 13.9 Å². The normalized spacial score (nSPS) is 14.9. The molecule has 0 radical (unpaired) electrons. The molecule has 0 bridgehead atoms. The van der Waals surface area contributed by atoms with E-state index in [0.29, 0.717) is 37.3 Å². The summed E-state index contributed by atoms with van der Waals surface area (Å²) in [4.78, 5) is 17.1. The van der Waals surface area contributed by atoms with Crippen LogP contribution < -0.4 is 0 Å². The van der Waals surface area contributed by atoms with E-state index in [-0.39, 0.29) is 12.5 Å². The molecule has 6 nitrogen and oxygen atoms in total. The predicted molar refractivity (Wildman–Crippen MR) is 131 cm³/mol. The average molecular weight is 519 g/mol. The molecular weight excluding hydrogens is 488 g/mol. The van der Waals surface area contributed by atoms with Gasteiger partial charge >= 0.3 is 12.3 Å². The van der Waals surface area contributed by atoms with Gasteiger partial charge in [0, 0.05) is 49.5 Å². The lowest BCUT2D eigenvalue weighted by atomic mass is 10.1. The monoisotopic (exact) mass is 518 g/mol. The number of rotatable bonds is 9. The fourth-order valence-corrected chi connectivity index (χ4v) is 4.40. The van der Waals surface area contributed by atoms with Crippen molar-refractivity contribution in [2.24, 2.45) is 0 Å². The van der Waals surface area contributed by atoms with Crippen molar-refractivity contribution in [3.63, 3.8) is 0 Å². The molecule has 4 rings (SSSR count). The number of carbonyl (C=O) groups is 1. The maximum atomic E-state index is 13.0. The van der Waals surface area contributed by atoms with Crippen molar-refractivity contribution in [1.29, 1.82) is 0 Å². The zero-order valence-electron chi connectivity index (χ0n) is 20.8. The number of piperazine rings is 1. The third-order valence-corrected chi connectivity index (χ3v) is 6.54. The summed E-state index contributed by atoms with van der Waals surface area (Å²) < 4.78 is 57.4. The molecule has 0 aliphatic carbocycles. The van der Waals surface area contributed by atoms with Crippen LogP contribution in [0.1, 0.15) is 32.9 Å². The number of ether oxygens (including phenoxy) is 1. The Morgan fingerprint density at radius 2 is 1.73 bits per heavy atom.